The first-order valence-electron chi connectivity index (χ1n) is 15.7. The van der Waals surface area contributed by atoms with E-state index in [-0.39, 0.29) is 24.2 Å². The summed E-state index contributed by atoms with van der Waals surface area (Å²) in [6.45, 7) is 4.37. The van der Waals surface area contributed by atoms with Crippen molar-refractivity contribution in [2.75, 3.05) is 42.5 Å². The minimum atomic E-state index is -0.905. The highest BCUT2D eigenvalue weighted by Gasteiger charge is 2.35. The molecule has 3 heterocycles. The van der Waals surface area contributed by atoms with Crippen LogP contribution < -0.4 is 26.6 Å². The van der Waals surface area contributed by atoms with Gasteiger partial charge in [0.15, 0.2) is 0 Å². The molecular formula is C33H41ClN10O2. The van der Waals surface area contributed by atoms with E-state index in [1.165, 1.54) is 4.90 Å². The second-order valence-electron chi connectivity index (χ2n) is 11.9. The molecule has 0 radical (unpaired) electrons. The van der Waals surface area contributed by atoms with Crippen molar-refractivity contribution in [2.24, 2.45) is 23.3 Å². The van der Waals surface area contributed by atoms with E-state index >= 15 is 0 Å². The van der Waals surface area contributed by atoms with E-state index in [9.17, 15) is 9.59 Å². The van der Waals surface area contributed by atoms with Crippen LogP contribution in [0.4, 0.5) is 11.5 Å². The molecular weight excluding hydrogens is 604 g/mol. The Morgan fingerprint density at radius 2 is 1.63 bits per heavy atom. The number of aromatic amines is 1. The summed E-state index contributed by atoms with van der Waals surface area (Å²) in [5.41, 5.74) is 16.7. The SMILES string of the molecule is Cl.NCC1CCC(C(=O)N(C(=O)[C@@H](N)Cc2ccc(-c3ccnc(N4CCNCC4)c3)cc2)c2ccc(-c3nn[nH]n3)cc2)CC1. The molecule has 13 heteroatoms. The van der Waals surface area contributed by atoms with Gasteiger partial charge in [-0.3, -0.25) is 9.59 Å². The fourth-order valence-electron chi connectivity index (χ4n) is 6.24. The fraction of sp³-hybridized carbons (Fsp3) is 0.394. The van der Waals surface area contributed by atoms with Gasteiger partial charge in [0.25, 0.3) is 5.91 Å². The second kappa shape index (κ2) is 15.4. The molecule has 1 aliphatic carbocycles. The normalized spacial score (nSPS) is 18.8. The Kier molecular flexibility index (Phi) is 11.1. The fourth-order valence-corrected chi connectivity index (χ4v) is 6.24. The molecule has 2 amide bonds. The lowest BCUT2D eigenvalue weighted by atomic mass is 9.81. The molecule has 0 bridgehead atoms. The van der Waals surface area contributed by atoms with Crippen molar-refractivity contribution in [3.8, 4) is 22.5 Å². The van der Waals surface area contributed by atoms with E-state index in [1.807, 2.05) is 36.5 Å². The third kappa shape index (κ3) is 7.59. The topological polar surface area (TPSA) is 172 Å². The van der Waals surface area contributed by atoms with Gasteiger partial charge in [-0.05, 0) is 103 Å². The van der Waals surface area contributed by atoms with Crippen LogP contribution >= 0.6 is 12.4 Å². The summed E-state index contributed by atoms with van der Waals surface area (Å²) < 4.78 is 0. The first-order chi connectivity index (χ1) is 22.0. The van der Waals surface area contributed by atoms with E-state index in [0.29, 0.717) is 43.2 Å². The summed E-state index contributed by atoms with van der Waals surface area (Å²) >= 11 is 0. The number of carbonyl (C=O) groups excluding carboxylic acids is 2. The van der Waals surface area contributed by atoms with Crippen LogP contribution in [0.3, 0.4) is 0 Å². The molecule has 1 aliphatic heterocycles. The van der Waals surface area contributed by atoms with Crippen LogP contribution in [-0.4, -0.2) is 76.2 Å². The Balaban J connectivity index is 0.00000417. The van der Waals surface area contributed by atoms with Gasteiger partial charge in [-0.1, -0.05) is 24.3 Å². The Labute approximate surface area is 274 Å². The number of piperazine rings is 1. The van der Waals surface area contributed by atoms with Crippen molar-refractivity contribution >= 4 is 35.7 Å². The van der Waals surface area contributed by atoms with Crippen LogP contribution in [0, 0.1) is 11.8 Å². The number of nitrogens with one attached hydrogen (secondary N) is 2. The highest BCUT2D eigenvalue weighted by atomic mass is 35.5. The third-order valence-corrected chi connectivity index (χ3v) is 8.95. The minimum Gasteiger partial charge on any atom is -0.354 e. The first-order valence-corrected chi connectivity index (χ1v) is 15.7. The predicted molar refractivity (Wildman–Crippen MR) is 180 cm³/mol. The first kappa shape index (κ1) is 33.1. The summed E-state index contributed by atoms with van der Waals surface area (Å²) in [4.78, 5) is 36.0. The average molecular weight is 645 g/mol. The molecule has 6 rings (SSSR count). The Morgan fingerprint density at radius 1 is 0.935 bits per heavy atom. The number of rotatable bonds is 9. The number of tetrazole rings is 1. The van der Waals surface area contributed by atoms with Gasteiger partial charge in [-0.15, -0.1) is 22.6 Å². The van der Waals surface area contributed by atoms with Crippen molar-refractivity contribution in [3.05, 3.63) is 72.4 Å². The third-order valence-electron chi connectivity index (χ3n) is 8.95. The van der Waals surface area contributed by atoms with Crippen molar-refractivity contribution < 1.29 is 9.59 Å². The molecule has 2 aromatic heterocycles. The van der Waals surface area contributed by atoms with E-state index < -0.39 is 11.9 Å². The molecule has 2 fully saturated rings. The van der Waals surface area contributed by atoms with Crippen molar-refractivity contribution in [1.29, 1.82) is 0 Å². The number of nitrogens with two attached hydrogens (primary N) is 2. The molecule has 1 saturated carbocycles. The Bertz CT molecular complexity index is 1570. The predicted octanol–water partition coefficient (Wildman–Crippen LogP) is 2.95. The number of pyridine rings is 1. The number of anilines is 2. The highest BCUT2D eigenvalue weighted by Crippen LogP contribution is 2.32. The zero-order chi connectivity index (χ0) is 31.2. The van der Waals surface area contributed by atoms with Crippen LogP contribution in [0.1, 0.15) is 31.2 Å². The number of halogens is 1. The maximum atomic E-state index is 13.9. The lowest BCUT2D eigenvalue weighted by Gasteiger charge is -2.32. The summed E-state index contributed by atoms with van der Waals surface area (Å²) in [6.07, 6.45) is 5.29. The van der Waals surface area contributed by atoms with Gasteiger partial charge in [0.05, 0.1) is 11.7 Å². The molecule has 4 aromatic rings. The van der Waals surface area contributed by atoms with Crippen LogP contribution in [0.15, 0.2) is 66.9 Å². The minimum absolute atomic E-state index is 0. The van der Waals surface area contributed by atoms with Crippen LogP contribution in [0.25, 0.3) is 22.5 Å². The molecule has 0 unspecified atom stereocenters. The van der Waals surface area contributed by atoms with Gasteiger partial charge >= 0.3 is 0 Å². The maximum absolute atomic E-state index is 13.9. The molecule has 2 aromatic carbocycles. The van der Waals surface area contributed by atoms with Gasteiger partial charge in [-0.25, -0.2) is 9.88 Å². The number of H-pyrrole nitrogens is 1. The molecule has 6 N–H and O–H groups in total. The number of imide groups is 1. The Morgan fingerprint density at radius 3 is 2.28 bits per heavy atom. The van der Waals surface area contributed by atoms with E-state index in [2.05, 4.69) is 41.9 Å². The van der Waals surface area contributed by atoms with Crippen molar-refractivity contribution in [3.63, 3.8) is 0 Å². The number of hydrogen-bond acceptors (Lipinski definition) is 10. The molecule has 1 atom stereocenters. The van der Waals surface area contributed by atoms with Gasteiger partial charge in [0.2, 0.25) is 11.7 Å². The zero-order valence-corrected chi connectivity index (χ0v) is 26.5. The van der Waals surface area contributed by atoms with Gasteiger partial charge in [0, 0.05) is 43.9 Å². The van der Waals surface area contributed by atoms with Crippen molar-refractivity contribution in [1.82, 2.24) is 30.9 Å². The smallest absolute Gasteiger partial charge is 0.251 e. The molecule has 12 nitrogen and oxygen atoms in total. The second-order valence-corrected chi connectivity index (χ2v) is 11.9. The lowest BCUT2D eigenvalue weighted by molar-refractivity contribution is -0.130. The number of aromatic nitrogens is 5. The van der Waals surface area contributed by atoms with Crippen molar-refractivity contribution in [2.45, 2.75) is 38.1 Å². The van der Waals surface area contributed by atoms with E-state index in [0.717, 1.165) is 67.1 Å². The Hall–Kier alpha value is -4.23. The highest BCUT2D eigenvalue weighted by molar-refractivity contribution is 6.17. The zero-order valence-electron chi connectivity index (χ0n) is 25.7. The number of carbonyl (C=O) groups is 2. The largest absolute Gasteiger partial charge is 0.354 e. The summed E-state index contributed by atoms with van der Waals surface area (Å²) in [5, 5.41) is 17.4. The summed E-state index contributed by atoms with van der Waals surface area (Å²) in [7, 11) is 0. The molecule has 1 saturated heterocycles. The number of nitrogens with zero attached hydrogens (tertiary/aromatic N) is 6. The standard InChI is InChI=1S/C33H40N10O2.ClH/c34-21-23-3-7-26(8-4-23)32(44)43(28-11-9-25(10-12-28)31-38-40-41-39-31)33(45)29(35)19-22-1-5-24(6-2-22)27-13-14-37-30(20-27)42-17-15-36-16-18-42;/h1-2,5-6,9-14,20,23,26,29,36H,3-4,7-8,15-19,21,34-35H2,(H,38,39,40,41);1H/t23?,26?,29-;/m0./s1. The van der Waals surface area contributed by atoms with Crippen LogP contribution in [0.5, 0.6) is 0 Å². The van der Waals surface area contributed by atoms with Crippen LogP contribution in [0.2, 0.25) is 0 Å². The average Bonchev–Trinajstić information content (AvgIpc) is 3.65. The van der Waals surface area contributed by atoms with Gasteiger partial charge in [0.1, 0.15) is 5.82 Å². The number of benzene rings is 2. The van der Waals surface area contributed by atoms with E-state index in [4.69, 9.17) is 11.5 Å². The van der Waals surface area contributed by atoms with Crippen LogP contribution in [-0.2, 0) is 16.0 Å². The molecule has 46 heavy (non-hydrogen) atoms. The monoisotopic (exact) mass is 644 g/mol. The number of hydrogen-bond donors (Lipinski definition) is 4. The quantitative estimate of drug-likeness (QED) is 0.212. The van der Waals surface area contributed by atoms with Gasteiger partial charge in [-0.2, -0.15) is 5.21 Å². The van der Waals surface area contributed by atoms with E-state index in [1.54, 1.807) is 24.3 Å². The molecule has 242 valence electrons. The lowest BCUT2D eigenvalue weighted by Crippen LogP contribution is -2.50. The summed E-state index contributed by atoms with van der Waals surface area (Å²) in [5.74, 6) is 0.916. The summed E-state index contributed by atoms with van der Waals surface area (Å²) in [6, 6.07) is 18.3. The maximum Gasteiger partial charge on any atom is 0.251 e. The number of amides is 2. The van der Waals surface area contributed by atoms with Gasteiger partial charge < -0.3 is 21.7 Å². The molecule has 2 aliphatic rings. The molecule has 0 spiro atoms.